The standard InChI is InChI=1S/C22H23F2N5O2/c23-22(24)31-13-8-29(9-13)17-10-30-18-4-2-1-3-14(18)19(17)28-21-15-7-16(12-5-6-12)27-20(15)25-11-26-21/h1-4,7,11-13,17,19,22H,5-6,8-10H2,(H2,25,26,27,28)/t17-,19-/m0/s1. The van der Waals surface area contributed by atoms with E-state index in [2.05, 4.69) is 36.0 Å². The summed E-state index contributed by atoms with van der Waals surface area (Å²) in [5.41, 5.74) is 3.06. The number of hydrogen-bond donors (Lipinski definition) is 2. The fourth-order valence-corrected chi connectivity index (χ4v) is 4.65. The van der Waals surface area contributed by atoms with Gasteiger partial charge >= 0.3 is 6.61 Å². The van der Waals surface area contributed by atoms with Crippen LogP contribution in [0.15, 0.2) is 36.7 Å². The number of fused-ring (bicyclic) bond motifs is 2. The number of anilines is 1. The smallest absolute Gasteiger partial charge is 0.345 e. The number of aromatic amines is 1. The number of benzene rings is 1. The zero-order valence-electron chi connectivity index (χ0n) is 16.8. The Labute approximate surface area is 177 Å². The fourth-order valence-electron chi connectivity index (χ4n) is 4.65. The summed E-state index contributed by atoms with van der Waals surface area (Å²) in [6.07, 6.45) is 3.52. The van der Waals surface area contributed by atoms with Crippen molar-refractivity contribution >= 4 is 16.9 Å². The summed E-state index contributed by atoms with van der Waals surface area (Å²) in [6, 6.07) is 9.94. The molecule has 1 aliphatic carbocycles. The van der Waals surface area contributed by atoms with Crippen molar-refractivity contribution in [3.63, 3.8) is 0 Å². The Hall–Kier alpha value is -2.78. The van der Waals surface area contributed by atoms with Gasteiger partial charge in [-0.25, -0.2) is 9.97 Å². The Morgan fingerprint density at radius 2 is 2.03 bits per heavy atom. The van der Waals surface area contributed by atoms with Crippen LogP contribution in [-0.4, -0.2) is 58.3 Å². The maximum absolute atomic E-state index is 12.6. The van der Waals surface area contributed by atoms with E-state index in [9.17, 15) is 8.78 Å². The second-order valence-electron chi connectivity index (χ2n) is 8.49. The number of hydrogen-bond acceptors (Lipinski definition) is 6. The SMILES string of the molecule is FC(F)OC1CN([C@H]2COc3ccccc3[C@@H]2Nc2ncnc3[nH]c(C4CC4)cc23)C1. The number of alkyl halides is 2. The lowest BCUT2D eigenvalue weighted by Gasteiger charge is -2.48. The van der Waals surface area contributed by atoms with E-state index in [0.29, 0.717) is 25.6 Å². The highest BCUT2D eigenvalue weighted by atomic mass is 19.3. The number of ether oxygens (including phenoxy) is 2. The number of likely N-dealkylation sites (tertiary alicyclic amines) is 1. The van der Waals surface area contributed by atoms with Crippen LogP contribution in [0.1, 0.15) is 36.1 Å². The molecule has 2 atom stereocenters. The Morgan fingerprint density at radius 1 is 1.19 bits per heavy atom. The number of aromatic nitrogens is 3. The van der Waals surface area contributed by atoms with Crippen molar-refractivity contribution in [2.75, 3.05) is 25.0 Å². The van der Waals surface area contributed by atoms with Crippen LogP contribution in [0, 0.1) is 0 Å². The highest BCUT2D eigenvalue weighted by molar-refractivity contribution is 5.88. The van der Waals surface area contributed by atoms with Crippen molar-refractivity contribution in [3.05, 3.63) is 47.9 Å². The first-order valence-electron chi connectivity index (χ1n) is 10.7. The second-order valence-corrected chi connectivity index (χ2v) is 8.49. The van der Waals surface area contributed by atoms with Crippen molar-refractivity contribution < 1.29 is 18.3 Å². The van der Waals surface area contributed by atoms with Gasteiger partial charge in [0, 0.05) is 24.3 Å². The average Bonchev–Trinajstić information content (AvgIpc) is 3.50. The van der Waals surface area contributed by atoms with Gasteiger partial charge in [-0.2, -0.15) is 8.78 Å². The van der Waals surface area contributed by atoms with E-state index in [1.807, 2.05) is 24.3 Å². The minimum absolute atomic E-state index is 0.0284. The average molecular weight is 427 g/mol. The minimum Gasteiger partial charge on any atom is -0.491 e. The molecule has 7 nitrogen and oxygen atoms in total. The van der Waals surface area contributed by atoms with Crippen molar-refractivity contribution in [2.24, 2.45) is 0 Å². The van der Waals surface area contributed by atoms with Gasteiger partial charge in [0.05, 0.1) is 23.6 Å². The Morgan fingerprint density at radius 3 is 2.84 bits per heavy atom. The van der Waals surface area contributed by atoms with E-state index in [1.165, 1.54) is 18.5 Å². The molecular formula is C22H23F2N5O2. The summed E-state index contributed by atoms with van der Waals surface area (Å²) in [4.78, 5) is 14.5. The summed E-state index contributed by atoms with van der Waals surface area (Å²) >= 11 is 0. The van der Waals surface area contributed by atoms with Crippen LogP contribution in [-0.2, 0) is 4.74 Å². The topological polar surface area (TPSA) is 75.3 Å². The third-order valence-corrected chi connectivity index (χ3v) is 6.44. The Bertz CT molecular complexity index is 1100. The maximum Gasteiger partial charge on any atom is 0.345 e. The monoisotopic (exact) mass is 427 g/mol. The van der Waals surface area contributed by atoms with Gasteiger partial charge in [0.25, 0.3) is 0 Å². The largest absolute Gasteiger partial charge is 0.491 e. The van der Waals surface area contributed by atoms with E-state index >= 15 is 0 Å². The van der Waals surface area contributed by atoms with Gasteiger partial charge in [0.2, 0.25) is 0 Å². The van der Waals surface area contributed by atoms with E-state index in [4.69, 9.17) is 4.74 Å². The van der Waals surface area contributed by atoms with E-state index in [1.54, 1.807) is 6.33 Å². The van der Waals surface area contributed by atoms with Crippen molar-refractivity contribution in [1.82, 2.24) is 19.9 Å². The molecule has 2 N–H and O–H groups in total. The first kappa shape index (κ1) is 18.9. The molecule has 2 fully saturated rings. The Kier molecular flexibility index (Phi) is 4.53. The number of para-hydroxylation sites is 1. The predicted octanol–water partition coefficient (Wildman–Crippen LogP) is 3.67. The second kappa shape index (κ2) is 7.42. The van der Waals surface area contributed by atoms with Crippen molar-refractivity contribution in [2.45, 2.75) is 43.6 Å². The molecule has 31 heavy (non-hydrogen) atoms. The molecule has 2 aliphatic heterocycles. The third kappa shape index (κ3) is 3.51. The number of nitrogens with zero attached hydrogens (tertiary/aromatic N) is 3. The molecule has 0 radical (unpaired) electrons. The number of H-pyrrole nitrogens is 1. The molecule has 0 spiro atoms. The lowest BCUT2D eigenvalue weighted by atomic mass is 9.92. The summed E-state index contributed by atoms with van der Waals surface area (Å²) in [5, 5.41) is 4.59. The predicted molar refractivity (Wildman–Crippen MR) is 110 cm³/mol. The first-order chi connectivity index (χ1) is 15.2. The molecule has 6 rings (SSSR count). The summed E-state index contributed by atoms with van der Waals surface area (Å²) in [6.45, 7) is -1.38. The van der Waals surface area contributed by atoms with Crippen LogP contribution in [0.2, 0.25) is 0 Å². The molecule has 0 amide bonds. The maximum atomic E-state index is 12.6. The molecule has 0 bridgehead atoms. The number of nitrogens with one attached hydrogen (secondary N) is 2. The molecule has 162 valence electrons. The lowest BCUT2D eigenvalue weighted by molar-refractivity contribution is -0.203. The minimum atomic E-state index is -2.74. The highest BCUT2D eigenvalue weighted by Crippen LogP contribution is 2.42. The van der Waals surface area contributed by atoms with Gasteiger partial charge in [-0.05, 0) is 30.9 Å². The summed E-state index contributed by atoms with van der Waals surface area (Å²) in [5.74, 6) is 2.18. The van der Waals surface area contributed by atoms with Crippen LogP contribution < -0.4 is 10.1 Å². The van der Waals surface area contributed by atoms with Gasteiger partial charge in [-0.3, -0.25) is 4.90 Å². The van der Waals surface area contributed by atoms with Crippen LogP contribution in [0.4, 0.5) is 14.6 Å². The van der Waals surface area contributed by atoms with Gasteiger partial charge in [-0.1, -0.05) is 18.2 Å². The highest BCUT2D eigenvalue weighted by Gasteiger charge is 2.42. The summed E-state index contributed by atoms with van der Waals surface area (Å²) in [7, 11) is 0. The molecule has 3 aromatic rings. The molecule has 2 aromatic heterocycles. The molecule has 4 heterocycles. The third-order valence-electron chi connectivity index (χ3n) is 6.44. The van der Waals surface area contributed by atoms with Gasteiger partial charge in [-0.15, -0.1) is 0 Å². The molecule has 0 unspecified atom stereocenters. The van der Waals surface area contributed by atoms with Gasteiger partial charge in [0.15, 0.2) is 0 Å². The van der Waals surface area contributed by atoms with Gasteiger partial charge in [0.1, 0.15) is 30.1 Å². The number of halogens is 2. The van der Waals surface area contributed by atoms with E-state index in [0.717, 1.165) is 28.2 Å². The van der Waals surface area contributed by atoms with Crippen molar-refractivity contribution in [3.8, 4) is 5.75 Å². The molecule has 9 heteroatoms. The van der Waals surface area contributed by atoms with Crippen LogP contribution >= 0.6 is 0 Å². The van der Waals surface area contributed by atoms with Crippen molar-refractivity contribution in [1.29, 1.82) is 0 Å². The summed E-state index contributed by atoms with van der Waals surface area (Å²) < 4.78 is 35.8. The fraction of sp³-hybridized carbons (Fsp3) is 0.455. The Balaban J connectivity index is 1.31. The lowest BCUT2D eigenvalue weighted by Crippen LogP contribution is -2.61. The van der Waals surface area contributed by atoms with Gasteiger partial charge < -0.3 is 19.8 Å². The van der Waals surface area contributed by atoms with E-state index in [-0.39, 0.29) is 12.1 Å². The van der Waals surface area contributed by atoms with Crippen LogP contribution in [0.3, 0.4) is 0 Å². The van der Waals surface area contributed by atoms with Crippen LogP contribution in [0.25, 0.3) is 11.0 Å². The number of rotatable bonds is 6. The molecule has 3 aliphatic rings. The van der Waals surface area contributed by atoms with Crippen LogP contribution in [0.5, 0.6) is 5.75 Å². The zero-order valence-corrected chi connectivity index (χ0v) is 16.8. The molecule has 1 aromatic carbocycles. The molecule has 1 saturated carbocycles. The molecular weight excluding hydrogens is 404 g/mol. The molecule has 1 saturated heterocycles. The zero-order chi connectivity index (χ0) is 20.9. The first-order valence-corrected chi connectivity index (χ1v) is 10.7. The van der Waals surface area contributed by atoms with E-state index < -0.39 is 12.7 Å². The quantitative estimate of drug-likeness (QED) is 0.625. The normalized spacial score (nSPS) is 24.1.